The number of carbonyl (C=O) groups is 1. The summed E-state index contributed by atoms with van der Waals surface area (Å²) in [5.74, 6) is -0.0262. The summed E-state index contributed by atoms with van der Waals surface area (Å²) in [6, 6.07) is 16.0. The average molecular weight is 346 g/mol. The Morgan fingerprint density at radius 3 is 2.52 bits per heavy atom. The lowest BCUT2D eigenvalue weighted by Gasteiger charge is -2.19. The van der Waals surface area contributed by atoms with Gasteiger partial charge in [0.25, 0.3) is 5.91 Å². The highest BCUT2D eigenvalue weighted by Gasteiger charge is 2.15. The van der Waals surface area contributed by atoms with Crippen molar-refractivity contribution in [3.05, 3.63) is 69.7 Å². The molecule has 0 bridgehead atoms. The van der Waals surface area contributed by atoms with Crippen molar-refractivity contribution in [3.8, 4) is 0 Å². The Kier molecular flexibility index (Phi) is 5.57. The summed E-state index contributed by atoms with van der Waals surface area (Å²) in [5, 5.41) is 3.15. The maximum Gasteiger partial charge on any atom is 0.251 e. The minimum atomic E-state index is -0.0262. The first-order valence-electron chi connectivity index (χ1n) is 7.23. The maximum atomic E-state index is 12.5. The zero-order valence-electron chi connectivity index (χ0n) is 12.4. The molecule has 0 radical (unpaired) electrons. The maximum absolute atomic E-state index is 12.5. The smallest absolute Gasteiger partial charge is 0.251 e. The molecule has 1 amide bonds. The van der Waals surface area contributed by atoms with Crippen molar-refractivity contribution < 1.29 is 4.79 Å². The van der Waals surface area contributed by atoms with Crippen LogP contribution in [-0.4, -0.2) is 5.91 Å². The zero-order chi connectivity index (χ0) is 15.2. The monoisotopic (exact) mass is 345 g/mol. The van der Waals surface area contributed by atoms with E-state index in [-0.39, 0.29) is 11.9 Å². The van der Waals surface area contributed by atoms with E-state index in [9.17, 15) is 4.79 Å². The first kappa shape index (κ1) is 15.8. The van der Waals surface area contributed by atoms with Crippen LogP contribution in [0.2, 0.25) is 0 Å². The van der Waals surface area contributed by atoms with Crippen LogP contribution in [0.4, 0.5) is 0 Å². The molecule has 1 atom stereocenters. The van der Waals surface area contributed by atoms with E-state index in [0.717, 1.165) is 28.4 Å². The molecule has 0 aliphatic rings. The van der Waals surface area contributed by atoms with Gasteiger partial charge in [-0.2, -0.15) is 0 Å². The molecule has 0 aliphatic carbocycles. The zero-order valence-corrected chi connectivity index (χ0v) is 14.0. The lowest BCUT2D eigenvalue weighted by molar-refractivity contribution is 0.0934. The number of hydrogen-bond acceptors (Lipinski definition) is 1. The van der Waals surface area contributed by atoms with Gasteiger partial charge in [-0.05, 0) is 42.7 Å². The molecule has 0 spiro atoms. The van der Waals surface area contributed by atoms with E-state index in [2.05, 4.69) is 40.3 Å². The van der Waals surface area contributed by atoms with Crippen LogP contribution in [-0.2, 0) is 0 Å². The van der Waals surface area contributed by atoms with Crippen molar-refractivity contribution in [2.45, 2.75) is 32.7 Å². The SMILES string of the molecule is CCCC(NC(=O)c1cc(C)cc(Br)c1)c1ccccc1. The summed E-state index contributed by atoms with van der Waals surface area (Å²) in [4.78, 5) is 12.5. The molecule has 0 saturated carbocycles. The minimum Gasteiger partial charge on any atom is -0.345 e. The van der Waals surface area contributed by atoms with Crippen LogP contribution in [0, 0.1) is 6.92 Å². The van der Waals surface area contributed by atoms with Gasteiger partial charge in [0, 0.05) is 10.0 Å². The van der Waals surface area contributed by atoms with Gasteiger partial charge in [0.1, 0.15) is 0 Å². The summed E-state index contributed by atoms with van der Waals surface area (Å²) in [5.41, 5.74) is 2.92. The molecule has 0 heterocycles. The van der Waals surface area contributed by atoms with Gasteiger partial charge in [-0.25, -0.2) is 0 Å². The number of nitrogens with one attached hydrogen (secondary N) is 1. The fraction of sp³-hybridized carbons (Fsp3) is 0.278. The molecule has 1 N–H and O–H groups in total. The predicted octanol–water partition coefficient (Wildman–Crippen LogP) is 5.03. The van der Waals surface area contributed by atoms with Crippen molar-refractivity contribution in [1.29, 1.82) is 0 Å². The second kappa shape index (κ2) is 7.41. The Morgan fingerprint density at radius 1 is 1.19 bits per heavy atom. The van der Waals surface area contributed by atoms with Crippen molar-refractivity contribution in [1.82, 2.24) is 5.32 Å². The van der Waals surface area contributed by atoms with E-state index in [4.69, 9.17) is 0 Å². The highest BCUT2D eigenvalue weighted by atomic mass is 79.9. The lowest BCUT2D eigenvalue weighted by atomic mass is 10.0. The van der Waals surface area contributed by atoms with Crippen molar-refractivity contribution in [2.75, 3.05) is 0 Å². The molecule has 2 aromatic carbocycles. The summed E-state index contributed by atoms with van der Waals surface area (Å²) < 4.78 is 0.930. The molecule has 0 aliphatic heterocycles. The van der Waals surface area contributed by atoms with Crippen LogP contribution in [0.1, 0.15) is 47.3 Å². The number of aryl methyl sites for hydroxylation is 1. The second-order valence-corrected chi connectivity index (χ2v) is 6.16. The van der Waals surface area contributed by atoms with E-state index >= 15 is 0 Å². The number of rotatable bonds is 5. The Morgan fingerprint density at radius 2 is 1.90 bits per heavy atom. The number of benzene rings is 2. The molecule has 2 aromatic rings. The van der Waals surface area contributed by atoms with Crippen LogP contribution >= 0.6 is 15.9 Å². The third-order valence-electron chi connectivity index (χ3n) is 3.39. The topological polar surface area (TPSA) is 29.1 Å². The lowest BCUT2D eigenvalue weighted by Crippen LogP contribution is -2.28. The highest BCUT2D eigenvalue weighted by Crippen LogP contribution is 2.20. The van der Waals surface area contributed by atoms with Crippen LogP contribution in [0.15, 0.2) is 53.0 Å². The average Bonchev–Trinajstić information content (AvgIpc) is 2.46. The molecule has 3 heteroatoms. The first-order valence-corrected chi connectivity index (χ1v) is 8.02. The van der Waals surface area contributed by atoms with E-state index in [1.165, 1.54) is 0 Å². The van der Waals surface area contributed by atoms with Gasteiger partial charge in [0.15, 0.2) is 0 Å². The Bertz CT molecular complexity index is 590. The first-order chi connectivity index (χ1) is 10.1. The Labute approximate surface area is 134 Å². The molecule has 0 fully saturated rings. The van der Waals surface area contributed by atoms with Gasteiger partial charge in [0.2, 0.25) is 0 Å². The second-order valence-electron chi connectivity index (χ2n) is 5.24. The van der Waals surface area contributed by atoms with Gasteiger partial charge in [0.05, 0.1) is 6.04 Å². The molecule has 0 saturated heterocycles. The fourth-order valence-electron chi connectivity index (χ4n) is 2.41. The molecule has 1 unspecified atom stereocenters. The molecule has 2 nitrogen and oxygen atoms in total. The van der Waals surface area contributed by atoms with Gasteiger partial charge >= 0.3 is 0 Å². The van der Waals surface area contributed by atoms with Crippen LogP contribution in [0.3, 0.4) is 0 Å². The predicted molar refractivity (Wildman–Crippen MR) is 90.4 cm³/mol. The highest BCUT2D eigenvalue weighted by molar-refractivity contribution is 9.10. The fourth-order valence-corrected chi connectivity index (χ4v) is 3.01. The normalized spacial score (nSPS) is 12.0. The van der Waals surface area contributed by atoms with E-state index in [1.54, 1.807) is 0 Å². The van der Waals surface area contributed by atoms with Crippen molar-refractivity contribution in [3.63, 3.8) is 0 Å². The van der Waals surface area contributed by atoms with E-state index in [0.29, 0.717) is 5.56 Å². The summed E-state index contributed by atoms with van der Waals surface area (Å²) in [6.45, 7) is 4.12. The van der Waals surface area contributed by atoms with Gasteiger partial charge in [-0.3, -0.25) is 4.79 Å². The third-order valence-corrected chi connectivity index (χ3v) is 3.85. The largest absolute Gasteiger partial charge is 0.345 e. The molecular weight excluding hydrogens is 326 g/mol. The molecule has 0 aromatic heterocycles. The molecule has 21 heavy (non-hydrogen) atoms. The van der Waals surface area contributed by atoms with E-state index < -0.39 is 0 Å². The standard InChI is InChI=1S/C18H20BrNO/c1-3-7-17(14-8-5-4-6-9-14)20-18(21)15-10-13(2)11-16(19)12-15/h4-6,8-12,17H,3,7H2,1-2H3,(H,20,21). The number of halogens is 1. The summed E-state index contributed by atoms with van der Waals surface area (Å²) in [6.07, 6.45) is 1.96. The Balaban J connectivity index is 2.18. The van der Waals surface area contributed by atoms with E-state index in [1.807, 2.05) is 43.3 Å². The number of hydrogen-bond donors (Lipinski definition) is 1. The van der Waals surface area contributed by atoms with Crippen molar-refractivity contribution in [2.24, 2.45) is 0 Å². The molecule has 2 rings (SSSR count). The Hall–Kier alpha value is -1.61. The minimum absolute atomic E-state index is 0.0262. The van der Waals surface area contributed by atoms with Gasteiger partial charge in [-0.1, -0.05) is 59.6 Å². The number of amides is 1. The third kappa shape index (κ3) is 4.43. The molecule has 110 valence electrons. The summed E-state index contributed by atoms with van der Waals surface area (Å²) in [7, 11) is 0. The van der Waals surface area contributed by atoms with Crippen LogP contribution in [0.25, 0.3) is 0 Å². The summed E-state index contributed by atoms with van der Waals surface area (Å²) >= 11 is 3.44. The number of carbonyl (C=O) groups excluding carboxylic acids is 1. The quantitative estimate of drug-likeness (QED) is 0.808. The van der Waals surface area contributed by atoms with Crippen molar-refractivity contribution >= 4 is 21.8 Å². The van der Waals surface area contributed by atoms with Crippen LogP contribution < -0.4 is 5.32 Å². The molecular formula is C18H20BrNO. The van der Waals surface area contributed by atoms with Gasteiger partial charge in [-0.15, -0.1) is 0 Å². The van der Waals surface area contributed by atoms with Gasteiger partial charge < -0.3 is 5.32 Å². The van der Waals surface area contributed by atoms with Crippen LogP contribution in [0.5, 0.6) is 0 Å².